The van der Waals surface area contributed by atoms with E-state index < -0.39 is 18.0 Å². The first-order chi connectivity index (χ1) is 13.9. The number of nitrogens with one attached hydrogen (secondary N) is 1. The zero-order valence-corrected chi connectivity index (χ0v) is 17.0. The Bertz CT molecular complexity index is 1050. The Balaban J connectivity index is 1.59. The van der Waals surface area contributed by atoms with Gasteiger partial charge in [0.1, 0.15) is 10.7 Å². The molecule has 0 radical (unpaired) electrons. The molecule has 0 aliphatic carbocycles. The normalized spacial score (nSPS) is 11.7. The molecule has 3 rings (SSSR count). The molecule has 0 aliphatic rings. The molecular weight excluding hydrogens is 397 g/mol. The molecule has 3 aromatic rings. The molecule has 0 unspecified atom stereocenters. The van der Waals surface area contributed by atoms with E-state index in [1.54, 1.807) is 37.4 Å². The molecule has 0 saturated heterocycles. The average Bonchev–Trinajstić information content (AvgIpc) is 3.14. The molecule has 6 nitrogen and oxygen atoms in total. The van der Waals surface area contributed by atoms with Crippen molar-refractivity contribution >= 4 is 33.3 Å². The number of esters is 1. The summed E-state index contributed by atoms with van der Waals surface area (Å²) in [7, 11) is 3.08. The van der Waals surface area contributed by atoms with Crippen LogP contribution >= 0.6 is 11.3 Å². The van der Waals surface area contributed by atoms with E-state index in [0.717, 1.165) is 10.3 Å². The fraction of sp³-hybridized carbons (Fsp3) is 0.238. The van der Waals surface area contributed by atoms with Gasteiger partial charge in [-0.3, -0.25) is 4.79 Å². The maximum atomic E-state index is 13.3. The first kappa shape index (κ1) is 20.6. The smallest absolute Gasteiger partial charge is 0.349 e. The number of hydrogen-bond acceptors (Lipinski definition) is 6. The van der Waals surface area contributed by atoms with Crippen LogP contribution in [0.3, 0.4) is 0 Å². The lowest BCUT2D eigenvalue weighted by atomic mass is 10.2. The van der Waals surface area contributed by atoms with Crippen molar-refractivity contribution in [1.82, 2.24) is 5.32 Å². The molecule has 1 aromatic heterocycles. The number of carbonyl (C=O) groups excluding carboxylic acids is 2. The lowest BCUT2D eigenvalue weighted by molar-refractivity contribution is -0.129. The first-order valence-corrected chi connectivity index (χ1v) is 9.61. The van der Waals surface area contributed by atoms with Crippen LogP contribution in [0.25, 0.3) is 10.1 Å². The van der Waals surface area contributed by atoms with Crippen molar-refractivity contribution in [2.75, 3.05) is 14.2 Å². The van der Waals surface area contributed by atoms with Gasteiger partial charge in [0.2, 0.25) is 0 Å². The maximum absolute atomic E-state index is 13.3. The molecule has 1 heterocycles. The van der Waals surface area contributed by atoms with Crippen molar-refractivity contribution in [2.45, 2.75) is 19.6 Å². The fourth-order valence-corrected chi connectivity index (χ4v) is 3.64. The highest BCUT2D eigenvalue weighted by Gasteiger charge is 2.20. The zero-order valence-electron chi connectivity index (χ0n) is 16.2. The second kappa shape index (κ2) is 8.91. The number of benzene rings is 2. The van der Waals surface area contributed by atoms with Gasteiger partial charge < -0.3 is 19.5 Å². The summed E-state index contributed by atoms with van der Waals surface area (Å²) in [6.45, 7) is 1.73. The zero-order chi connectivity index (χ0) is 21.0. The van der Waals surface area contributed by atoms with E-state index >= 15 is 0 Å². The molecule has 2 aromatic carbocycles. The number of hydrogen-bond donors (Lipinski definition) is 1. The minimum Gasteiger partial charge on any atom is -0.493 e. The van der Waals surface area contributed by atoms with E-state index in [2.05, 4.69) is 5.32 Å². The van der Waals surface area contributed by atoms with Crippen LogP contribution in [-0.2, 0) is 16.1 Å². The molecule has 0 saturated carbocycles. The van der Waals surface area contributed by atoms with Gasteiger partial charge in [0.25, 0.3) is 5.91 Å². The first-order valence-electron chi connectivity index (χ1n) is 8.80. The molecule has 0 bridgehead atoms. The molecule has 152 valence electrons. The van der Waals surface area contributed by atoms with Gasteiger partial charge in [-0.2, -0.15) is 0 Å². The number of rotatable bonds is 7. The Morgan fingerprint density at radius 3 is 2.55 bits per heavy atom. The van der Waals surface area contributed by atoms with Crippen molar-refractivity contribution in [2.24, 2.45) is 0 Å². The summed E-state index contributed by atoms with van der Waals surface area (Å²) in [5.74, 6) is -0.285. The predicted octanol–water partition coefficient (Wildman–Crippen LogP) is 3.92. The third-order valence-corrected chi connectivity index (χ3v) is 5.34. The third-order valence-electron chi connectivity index (χ3n) is 4.25. The molecule has 1 atom stereocenters. The van der Waals surface area contributed by atoms with Gasteiger partial charge in [0.15, 0.2) is 17.6 Å². The Hall–Kier alpha value is -3.13. The summed E-state index contributed by atoms with van der Waals surface area (Å²) in [5.41, 5.74) is 0.807. The summed E-state index contributed by atoms with van der Waals surface area (Å²) in [5, 5.41) is 3.34. The topological polar surface area (TPSA) is 73.9 Å². The number of fused-ring (bicyclic) bond motifs is 1. The van der Waals surface area contributed by atoms with Gasteiger partial charge in [-0.05, 0) is 54.3 Å². The lowest BCUT2D eigenvalue weighted by Crippen LogP contribution is -2.35. The fourth-order valence-electron chi connectivity index (χ4n) is 2.71. The maximum Gasteiger partial charge on any atom is 0.349 e. The van der Waals surface area contributed by atoms with Gasteiger partial charge in [0, 0.05) is 11.2 Å². The Kier molecular flexibility index (Phi) is 6.33. The lowest BCUT2D eigenvalue weighted by Gasteiger charge is -2.14. The highest BCUT2D eigenvalue weighted by atomic mass is 32.1. The average molecular weight is 417 g/mol. The van der Waals surface area contributed by atoms with Crippen molar-refractivity contribution in [1.29, 1.82) is 0 Å². The summed E-state index contributed by atoms with van der Waals surface area (Å²) < 4.78 is 29.7. The Morgan fingerprint density at radius 2 is 1.83 bits per heavy atom. The largest absolute Gasteiger partial charge is 0.493 e. The Morgan fingerprint density at radius 1 is 1.07 bits per heavy atom. The number of methoxy groups -OCH3 is 2. The monoisotopic (exact) mass is 417 g/mol. The number of halogens is 1. The van der Waals surface area contributed by atoms with Gasteiger partial charge in [0.05, 0.1) is 14.2 Å². The van der Waals surface area contributed by atoms with Crippen LogP contribution in [0.15, 0.2) is 42.5 Å². The van der Waals surface area contributed by atoms with Crippen LogP contribution < -0.4 is 14.8 Å². The van der Waals surface area contributed by atoms with Gasteiger partial charge in [-0.25, -0.2) is 9.18 Å². The summed E-state index contributed by atoms with van der Waals surface area (Å²) >= 11 is 1.19. The van der Waals surface area contributed by atoms with E-state index in [-0.39, 0.29) is 12.4 Å². The molecule has 0 fully saturated rings. The SMILES string of the molecule is COc1ccc(CNC(=O)[C@H](C)OC(=O)c2cc3cc(F)ccc3s2)cc1OC. The van der Waals surface area contributed by atoms with Gasteiger partial charge in [-0.1, -0.05) is 6.07 Å². The predicted molar refractivity (Wildman–Crippen MR) is 108 cm³/mol. The molecular formula is C21H20FNO5S. The van der Waals surface area contributed by atoms with Crippen LogP contribution in [0.5, 0.6) is 11.5 Å². The number of carbonyl (C=O) groups is 2. The van der Waals surface area contributed by atoms with Crippen LogP contribution in [-0.4, -0.2) is 32.2 Å². The van der Waals surface area contributed by atoms with E-state index in [9.17, 15) is 14.0 Å². The summed E-state index contributed by atoms with van der Waals surface area (Å²) in [6, 6.07) is 11.1. The molecule has 8 heteroatoms. The second-order valence-electron chi connectivity index (χ2n) is 6.25. The highest BCUT2D eigenvalue weighted by molar-refractivity contribution is 7.20. The summed E-state index contributed by atoms with van der Waals surface area (Å²) in [4.78, 5) is 24.9. The Labute approximate surface area is 171 Å². The quantitative estimate of drug-likeness (QED) is 0.590. The summed E-state index contributed by atoms with van der Waals surface area (Å²) in [6.07, 6.45) is -0.982. The van der Waals surface area contributed by atoms with Crippen LogP contribution in [0.2, 0.25) is 0 Å². The molecule has 29 heavy (non-hydrogen) atoms. The van der Waals surface area contributed by atoms with Crippen molar-refractivity contribution in [3.8, 4) is 11.5 Å². The van der Waals surface area contributed by atoms with Gasteiger partial charge >= 0.3 is 5.97 Å². The van der Waals surface area contributed by atoms with E-state index in [1.165, 1.54) is 37.5 Å². The third kappa shape index (κ3) is 4.83. The van der Waals surface area contributed by atoms with Gasteiger partial charge in [-0.15, -0.1) is 11.3 Å². The van der Waals surface area contributed by atoms with E-state index in [0.29, 0.717) is 21.8 Å². The van der Waals surface area contributed by atoms with Crippen LogP contribution in [0, 0.1) is 5.82 Å². The minimum absolute atomic E-state index is 0.239. The molecule has 1 N–H and O–H groups in total. The van der Waals surface area contributed by atoms with Crippen molar-refractivity contribution in [3.63, 3.8) is 0 Å². The van der Waals surface area contributed by atoms with Crippen molar-refractivity contribution < 1.29 is 28.2 Å². The second-order valence-corrected chi connectivity index (χ2v) is 7.33. The van der Waals surface area contributed by atoms with Crippen molar-refractivity contribution in [3.05, 3.63) is 58.7 Å². The molecule has 0 spiro atoms. The minimum atomic E-state index is -0.982. The molecule has 1 amide bonds. The van der Waals surface area contributed by atoms with Crippen LogP contribution in [0.4, 0.5) is 4.39 Å². The number of ether oxygens (including phenoxy) is 3. The standard InChI is InChI=1S/C21H20FNO5S/c1-12(20(24)23-11-13-4-6-16(26-2)17(8-13)27-3)28-21(25)19-10-14-9-15(22)5-7-18(14)29-19/h4-10,12H,11H2,1-3H3,(H,23,24)/t12-/m0/s1. The highest BCUT2D eigenvalue weighted by Crippen LogP contribution is 2.28. The van der Waals surface area contributed by atoms with E-state index in [4.69, 9.17) is 14.2 Å². The number of thiophene rings is 1. The number of amides is 1. The van der Waals surface area contributed by atoms with E-state index in [1.807, 2.05) is 0 Å². The molecule has 0 aliphatic heterocycles. The van der Waals surface area contributed by atoms with Crippen LogP contribution in [0.1, 0.15) is 22.2 Å².